The molecule has 184 valence electrons. The number of hydrogen-bond acceptors (Lipinski definition) is 3. The number of nitrogens with one attached hydrogen (secondary N) is 1. The zero-order valence-electron chi connectivity index (χ0n) is 18.3. The first-order valence-corrected chi connectivity index (χ1v) is 10.8. The van der Waals surface area contributed by atoms with Crippen molar-refractivity contribution in [3.8, 4) is 11.4 Å². The molecule has 1 heterocycles. The molecule has 5 nitrogen and oxygen atoms in total. The van der Waals surface area contributed by atoms with Gasteiger partial charge >= 0.3 is 5.92 Å². The van der Waals surface area contributed by atoms with Crippen molar-refractivity contribution in [3.63, 3.8) is 0 Å². The number of carbonyl (C=O) groups is 1. The molecule has 4 rings (SSSR count). The second-order valence-corrected chi connectivity index (χ2v) is 8.43. The first-order valence-electron chi connectivity index (χ1n) is 10.5. The van der Waals surface area contributed by atoms with Crippen molar-refractivity contribution in [2.24, 2.45) is 0 Å². The Balaban J connectivity index is 0.00000342. The SMILES string of the molecule is C.C[C@H](NC(=O)C(C)(F)F)[C@H](Oc1ccc2c(cnn2-c2ccc(F)cc2)c1)c1cccc(Cl)c1. The monoisotopic (exact) mass is 503 g/mol. The largest absolute Gasteiger partial charge is 0.484 e. The van der Waals surface area contributed by atoms with Gasteiger partial charge in [-0.05, 0) is 67.1 Å². The summed E-state index contributed by atoms with van der Waals surface area (Å²) in [5.74, 6) is -4.82. The summed E-state index contributed by atoms with van der Waals surface area (Å²) in [5, 5.41) is 7.89. The summed E-state index contributed by atoms with van der Waals surface area (Å²) in [4.78, 5) is 11.9. The lowest BCUT2D eigenvalue weighted by Crippen LogP contribution is -2.46. The van der Waals surface area contributed by atoms with Crippen LogP contribution in [0, 0.1) is 5.82 Å². The highest BCUT2D eigenvalue weighted by Crippen LogP contribution is 2.30. The number of carbonyl (C=O) groups excluding carboxylic acids is 1. The van der Waals surface area contributed by atoms with Gasteiger partial charge in [0.05, 0.1) is 23.4 Å². The number of amides is 1. The molecule has 4 aromatic rings. The van der Waals surface area contributed by atoms with E-state index in [-0.39, 0.29) is 13.2 Å². The molecule has 1 N–H and O–H groups in total. The minimum Gasteiger partial charge on any atom is -0.484 e. The fourth-order valence-corrected chi connectivity index (χ4v) is 3.77. The van der Waals surface area contributed by atoms with Crippen LogP contribution in [-0.4, -0.2) is 27.7 Å². The Morgan fingerprint density at radius 2 is 1.83 bits per heavy atom. The number of rotatable bonds is 7. The number of ether oxygens (including phenoxy) is 1. The van der Waals surface area contributed by atoms with E-state index in [0.29, 0.717) is 28.9 Å². The van der Waals surface area contributed by atoms with E-state index in [1.54, 1.807) is 72.4 Å². The molecule has 0 aliphatic heterocycles. The van der Waals surface area contributed by atoms with Crippen molar-refractivity contribution in [2.45, 2.75) is 39.3 Å². The average molecular weight is 504 g/mol. The van der Waals surface area contributed by atoms with Crippen LogP contribution in [0.1, 0.15) is 32.9 Å². The average Bonchev–Trinajstić information content (AvgIpc) is 3.20. The standard InChI is InChI=1S/C25H21ClF3N3O2.CH4/c1-15(31-24(33)25(2,28)29)23(16-4-3-5-18(26)12-16)34-21-10-11-22-17(13-21)14-30-32(22)20-8-6-19(27)7-9-20;/h3-15,23H,1-2H3,(H,31,33);1H4/t15-,23-;/m0./s1. The Hall–Kier alpha value is -3.52. The molecule has 1 amide bonds. The van der Waals surface area contributed by atoms with Crippen molar-refractivity contribution in [1.29, 1.82) is 0 Å². The van der Waals surface area contributed by atoms with Crippen LogP contribution in [0.4, 0.5) is 13.2 Å². The zero-order chi connectivity index (χ0) is 24.5. The fraction of sp³-hybridized carbons (Fsp3) is 0.231. The van der Waals surface area contributed by atoms with Crippen molar-refractivity contribution < 1.29 is 22.7 Å². The normalized spacial score (nSPS) is 13.1. The van der Waals surface area contributed by atoms with Crippen molar-refractivity contribution >= 4 is 28.4 Å². The third kappa shape index (κ3) is 5.95. The predicted molar refractivity (Wildman–Crippen MR) is 131 cm³/mol. The maximum absolute atomic E-state index is 13.5. The summed E-state index contributed by atoms with van der Waals surface area (Å²) in [6.07, 6.45) is 0.845. The minimum atomic E-state index is -3.53. The molecule has 0 saturated carbocycles. The maximum Gasteiger partial charge on any atom is 0.321 e. The van der Waals surface area contributed by atoms with E-state index in [4.69, 9.17) is 16.3 Å². The molecule has 0 spiro atoms. The molecule has 3 aromatic carbocycles. The molecule has 0 radical (unpaired) electrons. The minimum absolute atomic E-state index is 0. The van der Waals surface area contributed by atoms with E-state index in [2.05, 4.69) is 10.4 Å². The van der Waals surface area contributed by atoms with Gasteiger partial charge in [0.15, 0.2) is 0 Å². The molecule has 0 bridgehead atoms. The van der Waals surface area contributed by atoms with Crippen molar-refractivity contribution in [2.75, 3.05) is 0 Å². The topological polar surface area (TPSA) is 56.1 Å². The number of benzene rings is 3. The highest BCUT2D eigenvalue weighted by atomic mass is 35.5. The van der Waals surface area contributed by atoms with E-state index in [1.165, 1.54) is 12.1 Å². The molecule has 9 heteroatoms. The van der Waals surface area contributed by atoms with Gasteiger partial charge in [0.1, 0.15) is 17.7 Å². The fourth-order valence-electron chi connectivity index (χ4n) is 3.57. The Morgan fingerprint density at radius 3 is 2.49 bits per heavy atom. The highest BCUT2D eigenvalue weighted by molar-refractivity contribution is 6.30. The lowest BCUT2D eigenvalue weighted by Gasteiger charge is -2.27. The van der Waals surface area contributed by atoms with Crippen LogP contribution >= 0.6 is 11.6 Å². The molecule has 2 atom stereocenters. The summed E-state index contributed by atoms with van der Waals surface area (Å²) in [5.41, 5.74) is 2.07. The highest BCUT2D eigenvalue weighted by Gasteiger charge is 2.35. The van der Waals surface area contributed by atoms with Gasteiger partial charge in [-0.3, -0.25) is 4.79 Å². The Kier molecular flexibility index (Phi) is 7.75. The smallest absolute Gasteiger partial charge is 0.321 e. The van der Waals surface area contributed by atoms with Crippen molar-refractivity contribution in [1.82, 2.24) is 15.1 Å². The lowest BCUT2D eigenvalue weighted by atomic mass is 10.0. The molecule has 0 aliphatic rings. The Labute approximate surface area is 206 Å². The Morgan fingerprint density at radius 1 is 1.11 bits per heavy atom. The Bertz CT molecular complexity index is 1320. The number of hydrogen-bond donors (Lipinski definition) is 1. The van der Waals surface area contributed by atoms with Crippen LogP contribution in [-0.2, 0) is 4.79 Å². The van der Waals surface area contributed by atoms with E-state index in [9.17, 15) is 18.0 Å². The number of alkyl halides is 2. The summed E-state index contributed by atoms with van der Waals surface area (Å²) >= 11 is 6.13. The third-order valence-electron chi connectivity index (χ3n) is 5.26. The van der Waals surface area contributed by atoms with Gasteiger partial charge in [0.25, 0.3) is 5.91 Å². The number of nitrogens with zero attached hydrogens (tertiary/aromatic N) is 2. The van der Waals surface area contributed by atoms with Crippen LogP contribution < -0.4 is 10.1 Å². The quantitative estimate of drug-likeness (QED) is 0.304. The predicted octanol–water partition coefficient (Wildman–Crippen LogP) is 6.73. The van der Waals surface area contributed by atoms with E-state index in [1.807, 2.05) is 0 Å². The molecular weight excluding hydrogens is 479 g/mol. The van der Waals surface area contributed by atoms with Crippen LogP contribution in [0.5, 0.6) is 5.75 Å². The van der Waals surface area contributed by atoms with E-state index in [0.717, 1.165) is 10.9 Å². The van der Waals surface area contributed by atoms with Crippen LogP contribution in [0.25, 0.3) is 16.6 Å². The van der Waals surface area contributed by atoms with Gasteiger partial charge in [-0.25, -0.2) is 9.07 Å². The summed E-state index contributed by atoms with van der Waals surface area (Å²) in [7, 11) is 0. The van der Waals surface area contributed by atoms with Crippen molar-refractivity contribution in [3.05, 3.63) is 89.3 Å². The molecule has 0 saturated heterocycles. The van der Waals surface area contributed by atoms with Crippen LogP contribution in [0.15, 0.2) is 72.9 Å². The van der Waals surface area contributed by atoms with Gasteiger partial charge in [-0.2, -0.15) is 13.9 Å². The summed E-state index contributed by atoms with van der Waals surface area (Å²) in [6.45, 7) is 2.12. The van der Waals surface area contributed by atoms with Gasteiger partial charge in [-0.1, -0.05) is 31.2 Å². The number of aromatic nitrogens is 2. The first kappa shape index (κ1) is 26.1. The molecule has 1 aromatic heterocycles. The molecule has 35 heavy (non-hydrogen) atoms. The summed E-state index contributed by atoms with van der Waals surface area (Å²) < 4.78 is 48.0. The zero-order valence-corrected chi connectivity index (χ0v) is 19.1. The molecule has 0 unspecified atom stereocenters. The van der Waals surface area contributed by atoms with Gasteiger partial charge < -0.3 is 10.1 Å². The van der Waals surface area contributed by atoms with E-state index >= 15 is 0 Å². The summed E-state index contributed by atoms with van der Waals surface area (Å²) in [6, 6.07) is 17.2. The number of halogens is 4. The van der Waals surface area contributed by atoms with E-state index < -0.39 is 24.0 Å². The molecule has 0 aliphatic carbocycles. The maximum atomic E-state index is 13.5. The molecule has 0 fully saturated rings. The van der Waals surface area contributed by atoms with Gasteiger partial charge in [-0.15, -0.1) is 0 Å². The second-order valence-electron chi connectivity index (χ2n) is 8.00. The number of fused-ring (bicyclic) bond motifs is 1. The van der Waals surface area contributed by atoms with Crippen LogP contribution in [0.3, 0.4) is 0 Å². The lowest BCUT2D eigenvalue weighted by molar-refractivity contribution is -0.144. The second kappa shape index (κ2) is 10.4. The van der Waals surface area contributed by atoms with Gasteiger partial charge in [0, 0.05) is 17.3 Å². The van der Waals surface area contributed by atoms with Gasteiger partial charge in [0.2, 0.25) is 0 Å². The third-order valence-corrected chi connectivity index (χ3v) is 5.50. The van der Waals surface area contributed by atoms with Crippen LogP contribution in [0.2, 0.25) is 5.02 Å². The first-order chi connectivity index (χ1) is 16.1. The molecular formula is C26H25ClF3N3O2.